The molecule has 0 aliphatic carbocycles. The highest BCUT2D eigenvalue weighted by molar-refractivity contribution is 9.10. The van der Waals surface area contributed by atoms with E-state index in [1.54, 1.807) is 0 Å². The van der Waals surface area contributed by atoms with Crippen LogP contribution in [-0.2, 0) is 6.54 Å². The van der Waals surface area contributed by atoms with Crippen LogP contribution < -0.4 is 26.4 Å². The molecule has 356 valence electrons. The molecule has 0 unspecified atom stereocenters. The van der Waals surface area contributed by atoms with Gasteiger partial charge in [0, 0.05) is 21.7 Å². The van der Waals surface area contributed by atoms with Gasteiger partial charge in [0.1, 0.15) is 52.7 Å². The van der Waals surface area contributed by atoms with Crippen LogP contribution in [0.5, 0.6) is 0 Å². The summed E-state index contributed by atoms with van der Waals surface area (Å²) in [6.07, 6.45) is -5.03. The Balaban J connectivity index is 0.000000244. The first-order chi connectivity index (χ1) is 32.5. The van der Waals surface area contributed by atoms with Crippen LogP contribution in [0, 0.1) is 116 Å². The lowest BCUT2D eigenvalue weighted by molar-refractivity contribution is -0.676. The number of nitrogens with zero attached hydrogens (tertiary/aromatic N) is 1. The van der Waals surface area contributed by atoms with Crippen LogP contribution in [0.15, 0.2) is 95.6 Å². The first-order valence-corrected chi connectivity index (χ1v) is 19.7. The van der Waals surface area contributed by atoms with Gasteiger partial charge in [-0.05, 0) is 35.7 Å². The summed E-state index contributed by atoms with van der Waals surface area (Å²) in [5.74, 6) is -71.4. The second-order valence-electron chi connectivity index (χ2n) is 14.7. The molecule has 0 amide bonds. The first-order valence-electron chi connectivity index (χ1n) is 19.0. The van der Waals surface area contributed by atoms with E-state index in [0.717, 1.165) is 11.0 Å². The lowest BCUT2D eigenvalue weighted by atomic mass is 9.12. The number of halogens is 21. The van der Waals surface area contributed by atoms with Crippen LogP contribution in [0.1, 0.15) is 5.56 Å². The van der Waals surface area contributed by atoms with Gasteiger partial charge in [-0.1, -0.05) is 64.5 Å². The van der Waals surface area contributed by atoms with Gasteiger partial charge < -0.3 is 0 Å². The van der Waals surface area contributed by atoms with Crippen molar-refractivity contribution in [2.45, 2.75) is 6.54 Å². The van der Waals surface area contributed by atoms with Gasteiger partial charge in [0.25, 0.3) is 0 Å². The van der Waals surface area contributed by atoms with Crippen molar-refractivity contribution < 1.29 is 92.4 Å². The summed E-state index contributed by atoms with van der Waals surface area (Å²) in [5.41, 5.74) is -10.5. The highest BCUT2D eigenvalue weighted by Gasteiger charge is 2.52. The summed E-state index contributed by atoms with van der Waals surface area (Å²) in [6, 6.07) is 29.9. The zero-order chi connectivity index (χ0) is 50.7. The fourth-order valence-electron chi connectivity index (χ4n) is 7.97. The van der Waals surface area contributed by atoms with Gasteiger partial charge in [-0.15, -0.1) is 21.9 Å². The molecule has 23 heteroatoms. The summed E-state index contributed by atoms with van der Waals surface area (Å²) >= 11 is 3.53. The van der Waals surface area contributed by atoms with E-state index in [9.17, 15) is 52.7 Å². The van der Waals surface area contributed by atoms with Crippen molar-refractivity contribution >= 4 is 54.7 Å². The van der Waals surface area contributed by atoms with E-state index >= 15 is 35.1 Å². The molecule has 1 heterocycles. The van der Waals surface area contributed by atoms with E-state index in [0.29, 0.717) is 0 Å². The summed E-state index contributed by atoms with van der Waals surface area (Å²) in [7, 11) is 0. The van der Waals surface area contributed by atoms with Crippen molar-refractivity contribution in [1.29, 1.82) is 0 Å². The summed E-state index contributed by atoms with van der Waals surface area (Å²) in [4.78, 5) is 0. The molecule has 0 spiro atoms. The fraction of sp³-hybridized carbons (Fsp3) is 0.0217. The maximum absolute atomic E-state index is 15.4. The molecule has 0 saturated heterocycles. The van der Waals surface area contributed by atoms with E-state index in [2.05, 4.69) is 112 Å². The van der Waals surface area contributed by atoms with E-state index < -0.39 is 144 Å². The highest BCUT2D eigenvalue weighted by atomic mass is 79.9. The Bertz CT molecular complexity index is 2990. The third-order valence-corrected chi connectivity index (χ3v) is 11.5. The highest BCUT2D eigenvalue weighted by Crippen LogP contribution is 2.32. The van der Waals surface area contributed by atoms with Gasteiger partial charge in [0.05, 0.1) is 5.39 Å². The minimum atomic E-state index is -7.22. The Hall–Kier alpha value is -6.91. The molecule has 1 nitrogen and oxygen atoms in total. The molecular weight excluding hydrogens is 1040 g/mol. The summed E-state index contributed by atoms with van der Waals surface area (Å²) in [5, 5.41) is 2.54. The molecule has 8 rings (SSSR count). The molecule has 7 aromatic carbocycles. The summed E-state index contributed by atoms with van der Waals surface area (Å²) < 4.78 is 297. The van der Waals surface area contributed by atoms with E-state index in [1.807, 2.05) is 0 Å². The molecule has 0 fully saturated rings. The minimum absolute atomic E-state index is 0.858. The Morgan fingerprint density at radius 3 is 0.986 bits per heavy atom. The molecule has 8 aromatic rings. The van der Waals surface area contributed by atoms with Gasteiger partial charge in [-0.3, -0.25) is 0 Å². The van der Waals surface area contributed by atoms with E-state index in [4.69, 9.17) is 0 Å². The normalized spacial score (nSPS) is 11.6. The van der Waals surface area contributed by atoms with Gasteiger partial charge in [0.2, 0.25) is 5.69 Å². The molecule has 0 N–H and O–H groups in total. The smallest absolute Gasteiger partial charge is 0.207 e. The number of rotatable bonds is 7. The molecule has 0 radical (unpaired) electrons. The van der Waals surface area contributed by atoms with E-state index in [-0.39, 0.29) is 0 Å². The van der Waals surface area contributed by atoms with Crippen molar-refractivity contribution in [1.82, 2.24) is 0 Å². The van der Waals surface area contributed by atoms with Crippen molar-refractivity contribution in [2.75, 3.05) is 0 Å². The molecule has 69 heavy (non-hydrogen) atoms. The third-order valence-electron chi connectivity index (χ3n) is 11.0. The average molecular weight is 1050 g/mol. The lowest BCUT2D eigenvalue weighted by Crippen LogP contribution is -2.81. The first kappa shape index (κ1) is 50.0. The number of hydrogen-bond donors (Lipinski definition) is 0. The van der Waals surface area contributed by atoms with Crippen molar-refractivity contribution in [3.05, 3.63) is 218 Å². The molecule has 0 saturated carbocycles. The molecule has 0 aliphatic heterocycles. The van der Waals surface area contributed by atoms with Gasteiger partial charge in [-0.2, -0.15) is 4.57 Å². The SMILES string of the molecule is Brc1ccc(-c2c3ccccc3cc[n+]2Cc2ccccc2)cc1.Fc1c(F)c(F)c([B-](c2c(F)c(F)c(F)c(F)c2F)(c2c(F)c(F)c(F)c(F)c2F)c2c(F)c(F)c(F)c(F)c2F)c(F)c1F. The number of fused-ring (bicyclic) bond motifs is 1. The van der Waals surface area contributed by atoms with Crippen LogP contribution in [0.2, 0.25) is 0 Å². The monoisotopic (exact) mass is 1050 g/mol. The molecule has 0 aliphatic rings. The third kappa shape index (κ3) is 8.02. The van der Waals surface area contributed by atoms with Crippen LogP contribution in [0.25, 0.3) is 22.0 Å². The number of hydrogen-bond acceptors (Lipinski definition) is 0. The van der Waals surface area contributed by atoms with Crippen LogP contribution in [0.3, 0.4) is 0 Å². The predicted octanol–water partition coefficient (Wildman–Crippen LogP) is 11.5. The molecule has 0 bridgehead atoms. The largest absolute Gasteiger partial charge is 0.220 e. The minimum Gasteiger partial charge on any atom is -0.207 e. The fourth-order valence-corrected chi connectivity index (χ4v) is 8.24. The maximum atomic E-state index is 15.4. The zero-order valence-electron chi connectivity index (χ0n) is 33.3. The Morgan fingerprint density at radius 1 is 0.333 bits per heavy atom. The predicted molar refractivity (Wildman–Crippen MR) is 212 cm³/mol. The average Bonchev–Trinajstić information content (AvgIpc) is 3.34. The van der Waals surface area contributed by atoms with Gasteiger partial charge in [-0.25, -0.2) is 87.8 Å². The van der Waals surface area contributed by atoms with Crippen molar-refractivity contribution in [2.24, 2.45) is 0 Å². The number of aromatic nitrogens is 1. The standard InChI is InChI=1S/C24BF20.C22H17BrN/c26-5-1(6(27)14(35)21(42)13(5)34)25(2-7(28)15(36)22(43)16(37)8(2)29,3-9(30)17(38)23(44)18(39)10(3)31)4-11(32)19(40)24(45)20(41)12(4)33;23-20-12-10-19(11-13-20)22-21-9-5-4-8-18(21)14-15-24(22)16-17-6-2-1-3-7-17/h;1-15H,16H2/q-1;+1. The second kappa shape index (κ2) is 18.9. The lowest BCUT2D eigenvalue weighted by Gasteiger charge is -2.44. The second-order valence-corrected chi connectivity index (χ2v) is 15.6. The summed E-state index contributed by atoms with van der Waals surface area (Å²) in [6.45, 7) is 0.858. The van der Waals surface area contributed by atoms with Gasteiger partial charge in [0.15, 0.2) is 82.5 Å². The van der Waals surface area contributed by atoms with Crippen LogP contribution in [-0.4, -0.2) is 6.15 Å². The number of pyridine rings is 1. The Morgan fingerprint density at radius 2 is 0.638 bits per heavy atom. The van der Waals surface area contributed by atoms with Crippen molar-refractivity contribution in [3.63, 3.8) is 0 Å². The molecular formula is C46H17BBrF20N. The molecule has 0 atom stereocenters. The maximum Gasteiger partial charge on any atom is 0.220 e. The molecule has 1 aromatic heterocycles. The zero-order valence-corrected chi connectivity index (χ0v) is 34.9. The topological polar surface area (TPSA) is 3.88 Å². The van der Waals surface area contributed by atoms with Gasteiger partial charge >= 0.3 is 0 Å². The Labute approximate surface area is 381 Å². The van der Waals surface area contributed by atoms with Crippen LogP contribution in [0.4, 0.5) is 87.8 Å². The van der Waals surface area contributed by atoms with Crippen LogP contribution >= 0.6 is 15.9 Å². The Kier molecular flexibility index (Phi) is 13.7. The van der Waals surface area contributed by atoms with E-state index in [1.165, 1.54) is 27.6 Å². The number of benzene rings is 7. The quantitative estimate of drug-likeness (QED) is 0.0492. The van der Waals surface area contributed by atoms with Crippen molar-refractivity contribution in [3.8, 4) is 11.3 Å².